The summed E-state index contributed by atoms with van der Waals surface area (Å²) in [6.45, 7) is 0. The number of allylic oxidation sites excluding steroid dienone is 1. The van der Waals surface area contributed by atoms with Gasteiger partial charge in [-0.15, -0.1) is 11.8 Å². The number of hydrogen-bond acceptors (Lipinski definition) is 4. The second kappa shape index (κ2) is 5.44. The molecule has 2 N–H and O–H groups in total. The average Bonchev–Trinajstić information content (AvgIpc) is 2.88. The van der Waals surface area contributed by atoms with Crippen LogP contribution in [-0.4, -0.2) is 33.9 Å². The summed E-state index contributed by atoms with van der Waals surface area (Å²) in [5.41, 5.74) is 0.326. The van der Waals surface area contributed by atoms with E-state index in [1.807, 2.05) is 0 Å². The van der Waals surface area contributed by atoms with E-state index in [0.717, 1.165) is 25.7 Å². The Hall–Kier alpha value is -1.56. The molecule has 5 nitrogen and oxygen atoms in total. The molecule has 0 radical (unpaired) electrons. The monoisotopic (exact) mass is 292 g/mol. The van der Waals surface area contributed by atoms with Crippen molar-refractivity contribution >= 4 is 29.3 Å². The fourth-order valence-corrected chi connectivity index (χ4v) is 3.67. The molecule has 3 aliphatic rings. The number of rotatable bonds is 2. The van der Waals surface area contributed by atoms with E-state index >= 15 is 0 Å². The summed E-state index contributed by atoms with van der Waals surface area (Å²) in [6, 6.07) is 0.101. The Morgan fingerprint density at radius 1 is 1.35 bits per heavy atom. The van der Waals surface area contributed by atoms with E-state index < -0.39 is 17.1 Å². The minimum absolute atomic E-state index is 0.101. The molecule has 1 unspecified atom stereocenters. The minimum atomic E-state index is -0.644. The third-order valence-corrected chi connectivity index (χ3v) is 4.87. The maximum Gasteiger partial charge on any atom is 0.286 e. The van der Waals surface area contributed by atoms with Gasteiger partial charge < -0.3 is 10.4 Å². The lowest BCUT2D eigenvalue weighted by atomic mass is 9.95. The largest absolute Gasteiger partial charge is 0.510 e. The van der Waals surface area contributed by atoms with E-state index in [9.17, 15) is 14.7 Å². The van der Waals surface area contributed by atoms with E-state index in [-0.39, 0.29) is 17.4 Å². The Morgan fingerprint density at radius 2 is 2.10 bits per heavy atom. The highest BCUT2D eigenvalue weighted by atomic mass is 32.2. The van der Waals surface area contributed by atoms with E-state index in [2.05, 4.69) is 10.3 Å². The van der Waals surface area contributed by atoms with Crippen molar-refractivity contribution in [2.45, 2.75) is 43.4 Å². The number of thioether (sulfide) groups is 1. The van der Waals surface area contributed by atoms with Crippen molar-refractivity contribution in [3.05, 3.63) is 22.8 Å². The summed E-state index contributed by atoms with van der Waals surface area (Å²) >= 11 is 1.35. The summed E-state index contributed by atoms with van der Waals surface area (Å²) in [7, 11) is 0. The number of hydrogen-bond donors (Lipinski definition) is 2. The zero-order chi connectivity index (χ0) is 14.1. The normalized spacial score (nSPS) is 26.5. The van der Waals surface area contributed by atoms with Crippen LogP contribution in [0.25, 0.3) is 0 Å². The summed E-state index contributed by atoms with van der Waals surface area (Å²) in [5.74, 6) is -1.30. The lowest BCUT2D eigenvalue weighted by Gasteiger charge is -2.24. The summed E-state index contributed by atoms with van der Waals surface area (Å²) in [5, 5.41) is 14.4. The molecule has 2 heterocycles. The molecule has 1 saturated carbocycles. The number of aliphatic hydroxyl groups excluding tert-OH is 1. The highest BCUT2D eigenvalue weighted by molar-refractivity contribution is 8.04. The van der Waals surface area contributed by atoms with Crippen molar-refractivity contribution in [2.75, 3.05) is 0 Å². The van der Waals surface area contributed by atoms with Crippen LogP contribution < -0.4 is 5.32 Å². The quantitative estimate of drug-likeness (QED) is 0.761. The van der Waals surface area contributed by atoms with E-state index in [0.29, 0.717) is 5.71 Å². The smallest absolute Gasteiger partial charge is 0.286 e. The molecule has 6 heteroatoms. The minimum Gasteiger partial charge on any atom is -0.510 e. The van der Waals surface area contributed by atoms with E-state index in [1.165, 1.54) is 18.2 Å². The molecule has 1 fully saturated rings. The maximum atomic E-state index is 12.2. The van der Waals surface area contributed by atoms with Crippen molar-refractivity contribution in [3.63, 3.8) is 0 Å². The molecule has 0 bridgehead atoms. The molecule has 1 atom stereocenters. The zero-order valence-electron chi connectivity index (χ0n) is 11.0. The third kappa shape index (κ3) is 2.40. The fraction of sp³-hybridized carbons (Fsp3) is 0.500. The lowest BCUT2D eigenvalue weighted by Crippen LogP contribution is -2.40. The number of nitrogens with one attached hydrogen (secondary N) is 1. The van der Waals surface area contributed by atoms with Gasteiger partial charge in [-0.1, -0.05) is 19.3 Å². The number of carbonyl (C=O) groups is 2. The van der Waals surface area contributed by atoms with E-state index in [1.54, 1.807) is 11.5 Å². The summed E-state index contributed by atoms with van der Waals surface area (Å²) < 4.78 is 0. The number of carbonyl (C=O) groups excluding carboxylic acids is 2. The van der Waals surface area contributed by atoms with Gasteiger partial charge in [0.1, 0.15) is 16.6 Å². The maximum absolute atomic E-state index is 12.2. The molecule has 2 amide bonds. The number of aliphatic hydroxyl groups is 1. The summed E-state index contributed by atoms with van der Waals surface area (Å²) in [4.78, 5) is 28.0. The van der Waals surface area contributed by atoms with Gasteiger partial charge in [0.15, 0.2) is 0 Å². The Morgan fingerprint density at radius 3 is 2.85 bits per heavy atom. The predicted molar refractivity (Wildman–Crippen MR) is 77.6 cm³/mol. The second-order valence-corrected chi connectivity index (χ2v) is 6.25. The van der Waals surface area contributed by atoms with Crippen molar-refractivity contribution in [1.29, 1.82) is 0 Å². The van der Waals surface area contributed by atoms with Crippen LogP contribution in [0.2, 0.25) is 0 Å². The zero-order valence-corrected chi connectivity index (χ0v) is 11.8. The number of fused-ring (bicyclic) bond motifs is 1. The molecule has 106 valence electrons. The highest BCUT2D eigenvalue weighted by Gasteiger charge is 2.37. The Labute approximate surface area is 121 Å². The summed E-state index contributed by atoms with van der Waals surface area (Å²) in [6.07, 6.45) is 6.93. The van der Waals surface area contributed by atoms with Gasteiger partial charge in [0.2, 0.25) is 0 Å². The first-order valence-corrected chi connectivity index (χ1v) is 7.80. The van der Waals surface area contributed by atoms with E-state index in [4.69, 9.17) is 0 Å². The Balaban J connectivity index is 1.76. The first-order valence-electron chi connectivity index (χ1n) is 6.86. The molecule has 0 aromatic rings. The van der Waals surface area contributed by atoms with Crippen LogP contribution in [0.15, 0.2) is 27.8 Å². The van der Waals surface area contributed by atoms with Gasteiger partial charge >= 0.3 is 0 Å². The standard InChI is InChI=1S/C14H16N2O3S/c17-11-10(13(18)15-8-4-2-1-3-5-8)14(19)16-9-6-7-20-12(9)11/h6-8,12,17H,1-5H2,(H,15,18). The van der Waals surface area contributed by atoms with Crippen molar-refractivity contribution < 1.29 is 14.7 Å². The number of nitrogens with zero attached hydrogens (tertiary/aromatic N) is 1. The van der Waals surface area contributed by atoms with Crippen LogP contribution >= 0.6 is 11.8 Å². The van der Waals surface area contributed by atoms with Gasteiger partial charge in [0.25, 0.3) is 11.8 Å². The van der Waals surface area contributed by atoms with Gasteiger partial charge in [0.05, 0.1) is 5.71 Å². The Bertz CT molecular complexity index is 545. The third-order valence-electron chi connectivity index (χ3n) is 3.84. The molecule has 20 heavy (non-hydrogen) atoms. The van der Waals surface area contributed by atoms with Crippen LogP contribution in [0.4, 0.5) is 0 Å². The number of amides is 2. The number of dihydropyridines is 1. The lowest BCUT2D eigenvalue weighted by molar-refractivity contribution is -0.123. The van der Waals surface area contributed by atoms with Crippen LogP contribution in [-0.2, 0) is 9.59 Å². The van der Waals surface area contributed by atoms with Gasteiger partial charge in [0, 0.05) is 6.04 Å². The second-order valence-electron chi connectivity index (χ2n) is 5.23. The first-order chi connectivity index (χ1) is 9.66. The average molecular weight is 292 g/mol. The van der Waals surface area contributed by atoms with Crippen LogP contribution in [0.5, 0.6) is 0 Å². The van der Waals surface area contributed by atoms with Crippen molar-refractivity contribution in [2.24, 2.45) is 4.99 Å². The first kappa shape index (κ1) is 13.4. The molecular formula is C14H16N2O3S. The van der Waals surface area contributed by atoms with Crippen molar-refractivity contribution in [3.8, 4) is 0 Å². The molecule has 0 saturated heterocycles. The predicted octanol–water partition coefficient (Wildman–Crippen LogP) is 1.86. The Kier molecular flexibility index (Phi) is 3.65. The SMILES string of the molecule is O=C1N=C2C=CSC2C(O)=C1C(=O)NC1CCCCC1. The van der Waals surface area contributed by atoms with Gasteiger partial charge in [-0.25, -0.2) is 4.99 Å². The topological polar surface area (TPSA) is 78.8 Å². The molecule has 1 aliphatic carbocycles. The van der Waals surface area contributed by atoms with Crippen LogP contribution in [0.1, 0.15) is 32.1 Å². The van der Waals surface area contributed by atoms with Gasteiger partial charge in [-0.2, -0.15) is 0 Å². The molecule has 2 aliphatic heterocycles. The molecule has 0 aromatic carbocycles. The number of aliphatic imine (C=N–C) groups is 1. The van der Waals surface area contributed by atoms with Crippen LogP contribution in [0.3, 0.4) is 0 Å². The molecule has 0 spiro atoms. The van der Waals surface area contributed by atoms with Gasteiger partial charge in [-0.05, 0) is 24.3 Å². The van der Waals surface area contributed by atoms with Crippen molar-refractivity contribution in [1.82, 2.24) is 5.32 Å². The van der Waals surface area contributed by atoms with Gasteiger partial charge in [-0.3, -0.25) is 9.59 Å². The van der Waals surface area contributed by atoms with Crippen LogP contribution in [0, 0.1) is 0 Å². The molecular weight excluding hydrogens is 276 g/mol. The fourth-order valence-electron chi connectivity index (χ4n) is 2.78. The molecule has 3 rings (SSSR count). The highest BCUT2D eigenvalue weighted by Crippen LogP contribution is 2.32. The molecule has 0 aromatic heterocycles.